The molecule has 2 aromatic heterocycles. The minimum Gasteiger partial charge on any atom is -0.322 e. The zero-order valence-corrected chi connectivity index (χ0v) is 12.2. The molecule has 1 amide bonds. The van der Waals surface area contributed by atoms with Gasteiger partial charge in [-0.3, -0.25) is 4.79 Å². The Labute approximate surface area is 128 Å². The van der Waals surface area contributed by atoms with Crippen molar-refractivity contribution in [3.63, 3.8) is 0 Å². The monoisotopic (exact) mass is 319 g/mol. The van der Waals surface area contributed by atoms with E-state index in [1.165, 1.54) is 23.6 Å². The molecule has 2 heterocycles. The molecular weight excluding hydrogens is 310 g/mol. The van der Waals surface area contributed by atoms with E-state index in [-0.39, 0.29) is 10.9 Å². The summed E-state index contributed by atoms with van der Waals surface area (Å²) in [6.07, 6.45) is 1.40. The molecule has 0 saturated heterocycles. The molecule has 0 unspecified atom stereocenters. The number of rotatable bonds is 3. The van der Waals surface area contributed by atoms with Gasteiger partial charge in [-0.2, -0.15) is 0 Å². The van der Waals surface area contributed by atoms with Crippen LogP contribution in [0.4, 0.5) is 11.5 Å². The molecule has 0 aliphatic carbocycles. The normalized spacial score (nSPS) is 10.6. The largest absolute Gasteiger partial charge is 0.322 e. The number of fused-ring (bicyclic) bond motifs is 1. The molecular formula is C13H10ClN5OS. The summed E-state index contributed by atoms with van der Waals surface area (Å²) in [6.45, 7) is 0. The van der Waals surface area contributed by atoms with Crippen molar-refractivity contribution in [2.75, 3.05) is 10.7 Å². The first-order chi connectivity index (χ1) is 10.2. The number of aromatic nitrogens is 2. The van der Waals surface area contributed by atoms with E-state index in [0.29, 0.717) is 17.1 Å². The summed E-state index contributed by atoms with van der Waals surface area (Å²) < 4.78 is 1.01. The molecule has 0 radical (unpaired) electrons. The number of amides is 1. The maximum absolute atomic E-state index is 12.2. The van der Waals surface area contributed by atoms with Gasteiger partial charge >= 0.3 is 0 Å². The van der Waals surface area contributed by atoms with Gasteiger partial charge in [-0.15, -0.1) is 11.3 Å². The lowest BCUT2D eigenvalue weighted by molar-refractivity contribution is 0.102. The lowest BCUT2D eigenvalue weighted by atomic mass is 10.2. The number of nitrogens with two attached hydrogens (primary N) is 1. The van der Waals surface area contributed by atoms with Gasteiger partial charge in [-0.1, -0.05) is 11.6 Å². The predicted octanol–water partition coefficient (Wildman–Crippen LogP) is 2.88. The van der Waals surface area contributed by atoms with Crippen LogP contribution in [0.25, 0.3) is 10.2 Å². The number of halogens is 1. The summed E-state index contributed by atoms with van der Waals surface area (Å²) in [5.74, 6) is 5.26. The summed E-state index contributed by atoms with van der Waals surface area (Å²) in [6, 6.07) is 7.03. The lowest BCUT2D eigenvalue weighted by Crippen LogP contribution is -2.14. The third-order valence-corrected chi connectivity index (χ3v) is 3.91. The van der Waals surface area contributed by atoms with E-state index in [0.717, 1.165) is 10.2 Å². The summed E-state index contributed by atoms with van der Waals surface area (Å²) in [4.78, 5) is 20.3. The van der Waals surface area contributed by atoms with Crippen LogP contribution in [-0.2, 0) is 0 Å². The first-order valence-electron chi connectivity index (χ1n) is 5.94. The third-order valence-electron chi connectivity index (χ3n) is 2.83. The number of nitrogen functional groups attached to an aromatic ring is 1. The average Bonchev–Trinajstić information content (AvgIpc) is 2.94. The SMILES string of the molecule is NNc1ncc(C(=O)Nc2ccc3ncsc3c2)cc1Cl. The maximum atomic E-state index is 12.2. The molecule has 0 fully saturated rings. The van der Waals surface area contributed by atoms with Crippen molar-refractivity contribution in [1.82, 2.24) is 9.97 Å². The minimum absolute atomic E-state index is 0.281. The fourth-order valence-electron chi connectivity index (χ4n) is 1.80. The fraction of sp³-hybridized carbons (Fsp3) is 0. The van der Waals surface area contributed by atoms with Gasteiger partial charge in [0.2, 0.25) is 0 Å². The Hall–Kier alpha value is -2.22. The second kappa shape index (κ2) is 5.65. The Balaban J connectivity index is 1.83. The Kier molecular flexibility index (Phi) is 3.70. The van der Waals surface area contributed by atoms with E-state index in [1.54, 1.807) is 11.6 Å². The van der Waals surface area contributed by atoms with E-state index in [4.69, 9.17) is 17.4 Å². The Bertz CT molecular complexity index is 819. The van der Waals surface area contributed by atoms with Crippen LogP contribution in [-0.4, -0.2) is 15.9 Å². The van der Waals surface area contributed by atoms with Gasteiger partial charge < -0.3 is 10.7 Å². The van der Waals surface area contributed by atoms with E-state index in [1.807, 2.05) is 12.1 Å². The van der Waals surface area contributed by atoms with Crippen molar-refractivity contribution >= 4 is 50.6 Å². The van der Waals surface area contributed by atoms with E-state index < -0.39 is 0 Å². The van der Waals surface area contributed by atoms with Gasteiger partial charge in [0.1, 0.15) is 0 Å². The van der Waals surface area contributed by atoms with Crippen molar-refractivity contribution in [1.29, 1.82) is 0 Å². The van der Waals surface area contributed by atoms with Gasteiger partial charge in [0, 0.05) is 11.9 Å². The molecule has 4 N–H and O–H groups in total. The Morgan fingerprint density at radius 3 is 2.90 bits per heavy atom. The van der Waals surface area contributed by atoms with Crippen LogP contribution in [0.2, 0.25) is 5.02 Å². The molecule has 3 aromatic rings. The highest BCUT2D eigenvalue weighted by Gasteiger charge is 2.10. The van der Waals surface area contributed by atoms with Crippen molar-refractivity contribution in [2.45, 2.75) is 0 Å². The molecule has 106 valence electrons. The quantitative estimate of drug-likeness (QED) is 0.510. The molecule has 0 saturated carbocycles. The predicted molar refractivity (Wildman–Crippen MR) is 84.6 cm³/mol. The van der Waals surface area contributed by atoms with Crippen LogP contribution >= 0.6 is 22.9 Å². The molecule has 3 rings (SSSR count). The number of benzene rings is 1. The third kappa shape index (κ3) is 2.80. The van der Waals surface area contributed by atoms with Crippen molar-refractivity contribution in [3.05, 3.63) is 46.6 Å². The van der Waals surface area contributed by atoms with E-state index >= 15 is 0 Å². The van der Waals surface area contributed by atoms with Crippen LogP contribution < -0.4 is 16.6 Å². The number of hydrogen-bond donors (Lipinski definition) is 3. The highest BCUT2D eigenvalue weighted by Crippen LogP contribution is 2.23. The Morgan fingerprint density at radius 1 is 1.29 bits per heavy atom. The number of pyridine rings is 1. The Morgan fingerprint density at radius 2 is 2.14 bits per heavy atom. The first-order valence-corrected chi connectivity index (χ1v) is 7.20. The van der Waals surface area contributed by atoms with Gasteiger partial charge in [-0.05, 0) is 24.3 Å². The molecule has 6 nitrogen and oxygen atoms in total. The van der Waals surface area contributed by atoms with Crippen LogP contribution in [0.3, 0.4) is 0 Å². The highest BCUT2D eigenvalue weighted by molar-refractivity contribution is 7.16. The van der Waals surface area contributed by atoms with Crippen molar-refractivity contribution in [3.8, 4) is 0 Å². The number of nitrogens with one attached hydrogen (secondary N) is 2. The molecule has 0 spiro atoms. The van der Waals surface area contributed by atoms with Gasteiger partial charge in [0.05, 0.1) is 26.3 Å². The van der Waals surface area contributed by atoms with Crippen LogP contribution in [0.15, 0.2) is 36.0 Å². The summed E-state index contributed by atoms with van der Waals surface area (Å²) in [7, 11) is 0. The molecule has 8 heteroatoms. The lowest BCUT2D eigenvalue weighted by Gasteiger charge is -2.07. The van der Waals surface area contributed by atoms with Gasteiger partial charge in [0.25, 0.3) is 5.91 Å². The summed E-state index contributed by atoms with van der Waals surface area (Å²) >= 11 is 7.46. The average molecular weight is 320 g/mol. The number of anilines is 2. The number of nitrogens with zero attached hydrogens (tertiary/aromatic N) is 2. The summed E-state index contributed by atoms with van der Waals surface area (Å²) in [5.41, 5.74) is 6.05. The second-order valence-corrected chi connectivity index (χ2v) is 5.48. The smallest absolute Gasteiger partial charge is 0.257 e. The fourth-order valence-corrected chi connectivity index (χ4v) is 2.74. The molecule has 21 heavy (non-hydrogen) atoms. The van der Waals surface area contributed by atoms with Gasteiger partial charge in [-0.25, -0.2) is 15.8 Å². The number of thiazole rings is 1. The number of hydrogen-bond acceptors (Lipinski definition) is 6. The number of carbonyl (C=O) groups excluding carboxylic acids is 1. The van der Waals surface area contributed by atoms with E-state index in [9.17, 15) is 4.79 Å². The van der Waals surface area contributed by atoms with Crippen molar-refractivity contribution < 1.29 is 4.79 Å². The van der Waals surface area contributed by atoms with Gasteiger partial charge in [0.15, 0.2) is 5.82 Å². The zero-order chi connectivity index (χ0) is 14.8. The van der Waals surface area contributed by atoms with Crippen LogP contribution in [0, 0.1) is 0 Å². The van der Waals surface area contributed by atoms with E-state index in [2.05, 4.69) is 20.7 Å². The first kappa shape index (κ1) is 13.7. The van der Waals surface area contributed by atoms with Crippen LogP contribution in [0.1, 0.15) is 10.4 Å². The molecule has 0 atom stereocenters. The molecule has 1 aromatic carbocycles. The molecule has 0 bridgehead atoms. The number of hydrazine groups is 1. The second-order valence-electron chi connectivity index (χ2n) is 4.19. The maximum Gasteiger partial charge on any atom is 0.257 e. The van der Waals surface area contributed by atoms with Crippen molar-refractivity contribution in [2.24, 2.45) is 5.84 Å². The molecule has 0 aliphatic heterocycles. The molecule has 0 aliphatic rings. The number of carbonyl (C=O) groups is 1. The topological polar surface area (TPSA) is 92.9 Å². The van der Waals surface area contributed by atoms with Crippen LogP contribution in [0.5, 0.6) is 0 Å². The zero-order valence-electron chi connectivity index (χ0n) is 10.6. The highest BCUT2D eigenvalue weighted by atomic mass is 35.5. The minimum atomic E-state index is -0.295. The standard InChI is InChI=1S/C13H10ClN5OS/c14-9-3-7(5-16-12(9)19-15)13(20)18-8-1-2-10-11(4-8)21-6-17-10/h1-6H,15H2,(H,16,19)(H,18,20). The summed E-state index contributed by atoms with van der Waals surface area (Å²) in [5, 5.41) is 3.08.